The molecule has 0 aliphatic heterocycles. The molecule has 0 spiro atoms. The third kappa shape index (κ3) is 3.22. The number of aromatic nitrogens is 3. The second-order valence-corrected chi connectivity index (χ2v) is 4.97. The molecule has 0 saturated carbocycles. The van der Waals surface area contributed by atoms with E-state index in [1.807, 2.05) is 43.5 Å². The molecule has 6 nitrogen and oxygen atoms in total. The van der Waals surface area contributed by atoms with Crippen LogP contribution in [0.2, 0.25) is 0 Å². The van der Waals surface area contributed by atoms with Crippen LogP contribution in [0.15, 0.2) is 53.3 Å². The van der Waals surface area contributed by atoms with Crippen LogP contribution in [-0.4, -0.2) is 27.4 Å². The van der Waals surface area contributed by atoms with Gasteiger partial charge in [0.25, 0.3) is 5.91 Å². The lowest BCUT2D eigenvalue weighted by molar-refractivity contribution is 0.0943. The summed E-state index contributed by atoms with van der Waals surface area (Å²) in [6.45, 7) is 3.11. The standard InChI is InChI=1S/C16H16N4O2/c1-12-3-5-13(6-4-12)15-11-14(19-22-15)16(21)17-8-10-20-9-2-7-18-20/h2-7,9,11H,8,10H2,1H3,(H,17,21). The quantitative estimate of drug-likeness (QED) is 0.784. The molecular weight excluding hydrogens is 280 g/mol. The molecule has 2 heterocycles. The number of rotatable bonds is 5. The second kappa shape index (κ2) is 6.26. The highest BCUT2D eigenvalue weighted by atomic mass is 16.5. The van der Waals surface area contributed by atoms with E-state index in [0.29, 0.717) is 18.8 Å². The minimum absolute atomic E-state index is 0.255. The first kappa shape index (κ1) is 14.1. The van der Waals surface area contributed by atoms with Gasteiger partial charge in [-0.25, -0.2) is 0 Å². The van der Waals surface area contributed by atoms with E-state index in [4.69, 9.17) is 4.52 Å². The maximum absolute atomic E-state index is 12.0. The summed E-state index contributed by atoms with van der Waals surface area (Å²) in [7, 11) is 0. The van der Waals surface area contributed by atoms with E-state index in [0.717, 1.165) is 5.56 Å². The topological polar surface area (TPSA) is 73.0 Å². The molecule has 0 aliphatic rings. The smallest absolute Gasteiger partial charge is 0.273 e. The van der Waals surface area contributed by atoms with Gasteiger partial charge in [-0.2, -0.15) is 5.10 Å². The number of amides is 1. The van der Waals surface area contributed by atoms with Crippen LogP contribution in [-0.2, 0) is 6.54 Å². The Morgan fingerprint density at radius 2 is 2.14 bits per heavy atom. The van der Waals surface area contributed by atoms with Crippen LogP contribution < -0.4 is 5.32 Å². The highest BCUT2D eigenvalue weighted by Crippen LogP contribution is 2.20. The van der Waals surface area contributed by atoms with Crippen LogP contribution in [0.4, 0.5) is 0 Å². The molecule has 0 fully saturated rings. The molecule has 2 aromatic heterocycles. The summed E-state index contributed by atoms with van der Waals surface area (Å²) in [6.07, 6.45) is 3.55. The fourth-order valence-corrected chi connectivity index (χ4v) is 2.04. The number of benzene rings is 1. The lowest BCUT2D eigenvalue weighted by Gasteiger charge is -2.02. The predicted molar refractivity (Wildman–Crippen MR) is 81.2 cm³/mol. The molecule has 0 unspecified atom stereocenters. The zero-order chi connectivity index (χ0) is 15.4. The minimum atomic E-state index is -0.255. The molecule has 3 rings (SSSR count). The van der Waals surface area contributed by atoms with Crippen LogP contribution in [0.3, 0.4) is 0 Å². The van der Waals surface area contributed by atoms with Crippen molar-refractivity contribution in [3.05, 3.63) is 60.0 Å². The van der Waals surface area contributed by atoms with E-state index in [-0.39, 0.29) is 11.6 Å². The summed E-state index contributed by atoms with van der Waals surface area (Å²) in [5.41, 5.74) is 2.34. The molecule has 1 N–H and O–H groups in total. The molecule has 1 amide bonds. The molecule has 0 saturated heterocycles. The van der Waals surface area contributed by atoms with Gasteiger partial charge in [-0.15, -0.1) is 0 Å². The Labute approximate surface area is 127 Å². The van der Waals surface area contributed by atoms with E-state index < -0.39 is 0 Å². The van der Waals surface area contributed by atoms with Crippen molar-refractivity contribution in [2.75, 3.05) is 6.54 Å². The zero-order valence-corrected chi connectivity index (χ0v) is 12.2. The third-order valence-corrected chi connectivity index (χ3v) is 3.26. The average molecular weight is 296 g/mol. The summed E-state index contributed by atoms with van der Waals surface area (Å²) in [5, 5.41) is 10.7. The molecule has 1 aromatic carbocycles. The number of nitrogens with zero attached hydrogens (tertiary/aromatic N) is 3. The molecule has 112 valence electrons. The lowest BCUT2D eigenvalue weighted by atomic mass is 10.1. The first-order chi connectivity index (χ1) is 10.7. The summed E-state index contributed by atoms with van der Waals surface area (Å²) < 4.78 is 6.99. The van der Waals surface area contributed by atoms with E-state index >= 15 is 0 Å². The summed E-state index contributed by atoms with van der Waals surface area (Å²) in [6, 6.07) is 11.3. The van der Waals surface area contributed by atoms with Gasteiger partial charge in [-0.05, 0) is 13.0 Å². The summed E-state index contributed by atoms with van der Waals surface area (Å²) >= 11 is 0. The van der Waals surface area contributed by atoms with E-state index in [2.05, 4.69) is 15.6 Å². The molecular formula is C16H16N4O2. The third-order valence-electron chi connectivity index (χ3n) is 3.26. The Hall–Kier alpha value is -2.89. The van der Waals surface area contributed by atoms with Gasteiger partial charge < -0.3 is 9.84 Å². The fourth-order valence-electron chi connectivity index (χ4n) is 2.04. The number of carbonyl (C=O) groups is 1. The number of hydrogen-bond donors (Lipinski definition) is 1. The van der Waals surface area contributed by atoms with Gasteiger partial charge >= 0.3 is 0 Å². The molecule has 0 bridgehead atoms. The van der Waals surface area contributed by atoms with Crippen LogP contribution in [0.5, 0.6) is 0 Å². The Morgan fingerprint density at radius 3 is 2.86 bits per heavy atom. The van der Waals surface area contributed by atoms with Crippen LogP contribution >= 0.6 is 0 Å². The van der Waals surface area contributed by atoms with Crippen LogP contribution in [0.25, 0.3) is 11.3 Å². The van der Waals surface area contributed by atoms with Crippen molar-refractivity contribution in [2.24, 2.45) is 0 Å². The summed E-state index contributed by atoms with van der Waals surface area (Å²) in [4.78, 5) is 12.0. The van der Waals surface area contributed by atoms with Gasteiger partial charge in [0, 0.05) is 30.6 Å². The number of aryl methyl sites for hydroxylation is 1. The molecule has 0 aliphatic carbocycles. The maximum atomic E-state index is 12.0. The van der Waals surface area contributed by atoms with Gasteiger partial charge in [-0.1, -0.05) is 35.0 Å². The molecule has 22 heavy (non-hydrogen) atoms. The van der Waals surface area contributed by atoms with Crippen LogP contribution in [0, 0.1) is 6.92 Å². The van der Waals surface area contributed by atoms with Gasteiger partial charge in [0.2, 0.25) is 0 Å². The second-order valence-electron chi connectivity index (χ2n) is 4.97. The number of carbonyl (C=O) groups excluding carboxylic acids is 1. The Morgan fingerprint density at radius 1 is 1.32 bits per heavy atom. The highest BCUT2D eigenvalue weighted by Gasteiger charge is 2.13. The first-order valence-corrected chi connectivity index (χ1v) is 7.02. The Balaban J connectivity index is 1.60. The van der Waals surface area contributed by atoms with Gasteiger partial charge in [0.15, 0.2) is 11.5 Å². The van der Waals surface area contributed by atoms with Crippen molar-refractivity contribution in [2.45, 2.75) is 13.5 Å². The molecule has 3 aromatic rings. The first-order valence-electron chi connectivity index (χ1n) is 7.02. The highest BCUT2D eigenvalue weighted by molar-refractivity contribution is 5.93. The molecule has 0 radical (unpaired) electrons. The van der Waals surface area contributed by atoms with E-state index in [9.17, 15) is 4.79 Å². The van der Waals surface area contributed by atoms with E-state index in [1.54, 1.807) is 16.9 Å². The van der Waals surface area contributed by atoms with Gasteiger partial charge in [-0.3, -0.25) is 9.48 Å². The van der Waals surface area contributed by atoms with Crippen molar-refractivity contribution in [1.29, 1.82) is 0 Å². The van der Waals surface area contributed by atoms with Crippen molar-refractivity contribution in [1.82, 2.24) is 20.3 Å². The SMILES string of the molecule is Cc1ccc(-c2cc(C(=O)NCCn3cccn3)no2)cc1. The largest absolute Gasteiger partial charge is 0.355 e. The van der Waals surface area contributed by atoms with Crippen molar-refractivity contribution >= 4 is 5.91 Å². The van der Waals surface area contributed by atoms with E-state index in [1.165, 1.54) is 5.56 Å². The monoisotopic (exact) mass is 296 g/mol. The van der Waals surface area contributed by atoms with Crippen molar-refractivity contribution in [3.63, 3.8) is 0 Å². The molecule has 6 heteroatoms. The van der Waals surface area contributed by atoms with Gasteiger partial charge in [0.1, 0.15) is 0 Å². The zero-order valence-electron chi connectivity index (χ0n) is 12.2. The predicted octanol–water partition coefficient (Wildman–Crippen LogP) is 2.28. The van der Waals surface area contributed by atoms with Crippen molar-refractivity contribution < 1.29 is 9.32 Å². The minimum Gasteiger partial charge on any atom is -0.355 e. The average Bonchev–Trinajstić information content (AvgIpc) is 3.19. The maximum Gasteiger partial charge on any atom is 0.273 e. The Bertz CT molecular complexity index is 745. The van der Waals surface area contributed by atoms with Gasteiger partial charge in [0.05, 0.1) is 6.54 Å². The number of hydrogen-bond acceptors (Lipinski definition) is 4. The molecule has 0 atom stereocenters. The number of nitrogens with one attached hydrogen (secondary N) is 1. The fraction of sp³-hybridized carbons (Fsp3) is 0.188. The normalized spacial score (nSPS) is 10.6. The lowest BCUT2D eigenvalue weighted by Crippen LogP contribution is -2.27. The van der Waals surface area contributed by atoms with Crippen molar-refractivity contribution in [3.8, 4) is 11.3 Å². The Kier molecular flexibility index (Phi) is 4.00. The van der Waals surface area contributed by atoms with Crippen LogP contribution in [0.1, 0.15) is 16.1 Å². The summed E-state index contributed by atoms with van der Waals surface area (Å²) in [5.74, 6) is 0.325.